The van der Waals surface area contributed by atoms with Crippen molar-refractivity contribution in [3.63, 3.8) is 0 Å². The average Bonchev–Trinajstić information content (AvgIpc) is 2.90. The van der Waals surface area contributed by atoms with E-state index in [1.165, 1.54) is 48.4 Å². The molecule has 4 heteroatoms. The van der Waals surface area contributed by atoms with E-state index in [4.69, 9.17) is 0 Å². The number of fused-ring (bicyclic) bond motifs is 1. The van der Waals surface area contributed by atoms with Gasteiger partial charge in [-0.1, -0.05) is 67.8 Å². The summed E-state index contributed by atoms with van der Waals surface area (Å²) in [6.07, 6.45) is 9.89. The Morgan fingerprint density at radius 3 is 2.55 bits per heavy atom. The minimum Gasteiger partial charge on any atom is -0.301 e. The third-order valence-corrected chi connectivity index (χ3v) is 7.54. The highest BCUT2D eigenvalue weighted by Gasteiger charge is 2.29. The number of hydrogen-bond acceptors (Lipinski definition) is 3. The van der Waals surface area contributed by atoms with Crippen LogP contribution in [0.25, 0.3) is 10.8 Å². The summed E-state index contributed by atoms with van der Waals surface area (Å²) in [5, 5.41) is 2.63. The summed E-state index contributed by atoms with van der Waals surface area (Å²) in [5.41, 5.74) is 1.44. The lowest BCUT2D eigenvalue weighted by atomic mass is 9.88. The number of rotatable bonds is 6. The number of carbonyl (C=O) groups is 1. The predicted octanol–water partition coefficient (Wildman–Crippen LogP) is 6.03. The first-order chi connectivity index (χ1) is 16.3. The van der Waals surface area contributed by atoms with E-state index in [1.54, 1.807) is 6.20 Å². The van der Waals surface area contributed by atoms with Crippen molar-refractivity contribution in [2.45, 2.75) is 50.9 Å². The molecule has 1 aliphatic carbocycles. The van der Waals surface area contributed by atoms with Gasteiger partial charge in [0.2, 0.25) is 5.91 Å². The molecule has 0 spiro atoms. The lowest BCUT2D eigenvalue weighted by Crippen LogP contribution is -2.44. The van der Waals surface area contributed by atoms with Gasteiger partial charge in [-0.3, -0.25) is 9.69 Å². The number of nitrogens with zero attached hydrogens (tertiary/aromatic N) is 3. The Morgan fingerprint density at radius 1 is 0.909 bits per heavy atom. The van der Waals surface area contributed by atoms with Crippen molar-refractivity contribution in [3.05, 3.63) is 72.4 Å². The molecule has 5 rings (SSSR count). The van der Waals surface area contributed by atoms with Gasteiger partial charge in [-0.05, 0) is 66.6 Å². The summed E-state index contributed by atoms with van der Waals surface area (Å²) < 4.78 is 0. The van der Waals surface area contributed by atoms with Gasteiger partial charge in [0, 0.05) is 31.7 Å². The fourth-order valence-electron chi connectivity index (χ4n) is 5.65. The monoisotopic (exact) mass is 441 g/mol. The van der Waals surface area contributed by atoms with Gasteiger partial charge >= 0.3 is 0 Å². The molecular weight excluding hydrogens is 406 g/mol. The molecule has 172 valence electrons. The maximum atomic E-state index is 13.4. The molecule has 1 atom stereocenters. The van der Waals surface area contributed by atoms with E-state index in [9.17, 15) is 4.79 Å². The molecule has 2 fully saturated rings. The van der Waals surface area contributed by atoms with Gasteiger partial charge in [0.1, 0.15) is 5.82 Å². The Morgan fingerprint density at radius 2 is 1.73 bits per heavy atom. The molecule has 0 N–H and O–H groups in total. The van der Waals surface area contributed by atoms with Crippen LogP contribution in [0.1, 0.15) is 56.4 Å². The summed E-state index contributed by atoms with van der Waals surface area (Å²) in [6, 6.07) is 21.4. The van der Waals surface area contributed by atoms with E-state index in [-0.39, 0.29) is 11.8 Å². The fraction of sp³-hybridized carbons (Fsp3) is 0.448. The van der Waals surface area contributed by atoms with Crippen molar-refractivity contribution >= 4 is 22.5 Å². The van der Waals surface area contributed by atoms with Crippen molar-refractivity contribution in [1.82, 2.24) is 9.88 Å². The lowest BCUT2D eigenvalue weighted by Gasteiger charge is -2.35. The molecule has 1 unspecified atom stereocenters. The van der Waals surface area contributed by atoms with Gasteiger partial charge in [-0.2, -0.15) is 0 Å². The zero-order valence-corrected chi connectivity index (χ0v) is 19.5. The number of amides is 1. The van der Waals surface area contributed by atoms with E-state index in [1.807, 2.05) is 23.1 Å². The standard InChI is InChI=1S/C29H35N3O/c33-29(24-10-2-1-3-11-24)32(28-14-6-7-17-30-28)20-19-31-18-8-13-27(22-31)26-16-15-23-9-4-5-12-25(23)21-26/h4-7,9,12,14-17,21,24,27H,1-3,8,10-11,13,18-20,22H2. The van der Waals surface area contributed by atoms with Crippen LogP contribution in [-0.2, 0) is 4.79 Å². The van der Waals surface area contributed by atoms with Crippen molar-refractivity contribution in [2.24, 2.45) is 5.92 Å². The second kappa shape index (κ2) is 10.5. The number of piperidine rings is 1. The van der Waals surface area contributed by atoms with E-state index in [0.717, 1.165) is 44.8 Å². The predicted molar refractivity (Wildman–Crippen MR) is 136 cm³/mol. The molecular formula is C29H35N3O. The van der Waals surface area contributed by atoms with Gasteiger partial charge in [0.25, 0.3) is 0 Å². The minimum atomic E-state index is 0.160. The molecule has 0 radical (unpaired) electrons. The van der Waals surface area contributed by atoms with Crippen molar-refractivity contribution in [2.75, 3.05) is 31.1 Å². The van der Waals surface area contributed by atoms with Gasteiger partial charge in [-0.25, -0.2) is 4.98 Å². The average molecular weight is 442 g/mol. The summed E-state index contributed by atoms with van der Waals surface area (Å²) in [6.45, 7) is 3.79. The van der Waals surface area contributed by atoms with Crippen molar-refractivity contribution in [3.8, 4) is 0 Å². The molecule has 2 aliphatic rings. The Labute approximate surface area is 197 Å². The van der Waals surface area contributed by atoms with Crippen molar-refractivity contribution < 1.29 is 4.79 Å². The fourth-order valence-corrected chi connectivity index (χ4v) is 5.65. The summed E-state index contributed by atoms with van der Waals surface area (Å²) in [5.74, 6) is 1.79. The van der Waals surface area contributed by atoms with E-state index in [0.29, 0.717) is 5.92 Å². The largest absolute Gasteiger partial charge is 0.301 e. The number of pyridine rings is 1. The highest BCUT2D eigenvalue weighted by atomic mass is 16.2. The SMILES string of the molecule is O=C(C1CCCCC1)N(CCN1CCCC(c2ccc3ccccc3c2)C1)c1ccccn1. The lowest BCUT2D eigenvalue weighted by molar-refractivity contribution is -0.123. The Balaban J connectivity index is 1.26. The van der Waals surface area contributed by atoms with E-state index < -0.39 is 0 Å². The van der Waals surface area contributed by atoms with Crippen LogP contribution in [-0.4, -0.2) is 42.0 Å². The maximum absolute atomic E-state index is 13.4. The second-order valence-corrected chi connectivity index (χ2v) is 9.76. The summed E-state index contributed by atoms with van der Waals surface area (Å²) in [4.78, 5) is 22.5. The molecule has 1 aliphatic heterocycles. The first-order valence-electron chi connectivity index (χ1n) is 12.7. The Bertz CT molecular complexity index is 1060. The molecule has 1 saturated carbocycles. The van der Waals surface area contributed by atoms with Crippen LogP contribution >= 0.6 is 0 Å². The Kier molecular flexibility index (Phi) is 7.01. The third kappa shape index (κ3) is 5.27. The van der Waals surface area contributed by atoms with Crippen LogP contribution in [0.5, 0.6) is 0 Å². The quantitative estimate of drug-likeness (QED) is 0.469. The number of carbonyl (C=O) groups excluding carboxylic acids is 1. The smallest absolute Gasteiger partial charge is 0.231 e. The number of benzene rings is 2. The Hall–Kier alpha value is -2.72. The molecule has 1 saturated heterocycles. The van der Waals surface area contributed by atoms with Crippen LogP contribution in [0.2, 0.25) is 0 Å². The van der Waals surface area contributed by atoms with Gasteiger partial charge < -0.3 is 4.90 Å². The van der Waals surface area contributed by atoms with Crippen LogP contribution < -0.4 is 4.90 Å². The second-order valence-electron chi connectivity index (χ2n) is 9.76. The van der Waals surface area contributed by atoms with Crippen LogP contribution in [0.15, 0.2) is 66.9 Å². The van der Waals surface area contributed by atoms with Crippen LogP contribution in [0.4, 0.5) is 5.82 Å². The summed E-state index contributed by atoms with van der Waals surface area (Å²) >= 11 is 0. The number of hydrogen-bond donors (Lipinski definition) is 0. The first-order valence-corrected chi connectivity index (χ1v) is 12.7. The molecule has 0 bridgehead atoms. The highest BCUT2D eigenvalue weighted by molar-refractivity contribution is 5.94. The maximum Gasteiger partial charge on any atom is 0.231 e. The van der Waals surface area contributed by atoms with Crippen LogP contribution in [0, 0.1) is 5.92 Å². The van der Waals surface area contributed by atoms with Gasteiger partial charge in [0.15, 0.2) is 0 Å². The molecule has 2 aromatic carbocycles. The van der Waals surface area contributed by atoms with Crippen LogP contribution in [0.3, 0.4) is 0 Å². The zero-order valence-electron chi connectivity index (χ0n) is 19.5. The summed E-state index contributed by atoms with van der Waals surface area (Å²) in [7, 11) is 0. The third-order valence-electron chi connectivity index (χ3n) is 7.54. The first kappa shape index (κ1) is 22.1. The molecule has 2 heterocycles. The number of aromatic nitrogens is 1. The molecule has 33 heavy (non-hydrogen) atoms. The van der Waals surface area contributed by atoms with Crippen molar-refractivity contribution in [1.29, 1.82) is 0 Å². The number of anilines is 1. The topological polar surface area (TPSA) is 36.4 Å². The van der Waals surface area contributed by atoms with E-state index >= 15 is 0 Å². The molecule has 3 aromatic rings. The zero-order chi connectivity index (χ0) is 22.5. The molecule has 4 nitrogen and oxygen atoms in total. The molecule has 1 amide bonds. The van der Waals surface area contributed by atoms with E-state index in [2.05, 4.69) is 52.3 Å². The number of likely N-dealkylation sites (tertiary alicyclic amines) is 1. The molecule has 1 aromatic heterocycles. The van der Waals surface area contributed by atoms with Gasteiger partial charge in [-0.15, -0.1) is 0 Å². The van der Waals surface area contributed by atoms with Gasteiger partial charge in [0.05, 0.1) is 0 Å². The minimum absolute atomic E-state index is 0.160. The highest BCUT2D eigenvalue weighted by Crippen LogP contribution is 2.30. The normalized spacial score (nSPS) is 20.1.